The van der Waals surface area contributed by atoms with Crippen molar-refractivity contribution in [3.8, 4) is 0 Å². The van der Waals surface area contributed by atoms with Crippen LogP contribution in [0.5, 0.6) is 0 Å². The first kappa shape index (κ1) is 14.9. The van der Waals surface area contributed by atoms with E-state index in [0.717, 1.165) is 17.6 Å². The molecule has 2 aromatic rings. The van der Waals surface area contributed by atoms with Crippen molar-refractivity contribution in [3.05, 3.63) is 40.9 Å². The maximum Gasteiger partial charge on any atom is 0.0375 e. The monoisotopic (exact) mass is 346 g/mol. The van der Waals surface area contributed by atoms with Crippen molar-refractivity contribution in [2.75, 3.05) is 18.0 Å². The fraction of sp³-hybridized carbons (Fsp3) is 0.444. The Kier molecular flexibility index (Phi) is 4.51. The van der Waals surface area contributed by atoms with Gasteiger partial charge in [0, 0.05) is 28.8 Å². The predicted molar refractivity (Wildman–Crippen MR) is 95.2 cm³/mol. The van der Waals surface area contributed by atoms with Crippen molar-refractivity contribution >= 4 is 32.4 Å². The molecule has 112 valence electrons. The molecule has 0 radical (unpaired) electrons. The number of halogens is 1. The normalized spacial score (nSPS) is 22.7. The van der Waals surface area contributed by atoms with Crippen LogP contribution in [0.1, 0.15) is 26.7 Å². The van der Waals surface area contributed by atoms with Gasteiger partial charge in [-0.1, -0.05) is 35.0 Å². The van der Waals surface area contributed by atoms with Gasteiger partial charge in [-0.3, -0.25) is 0 Å². The van der Waals surface area contributed by atoms with Gasteiger partial charge in [0.25, 0.3) is 0 Å². The highest BCUT2D eigenvalue weighted by molar-refractivity contribution is 9.10. The Hall–Kier alpha value is -1.06. The predicted octanol–water partition coefficient (Wildman–Crippen LogP) is 4.57. The minimum atomic E-state index is 0.593. The summed E-state index contributed by atoms with van der Waals surface area (Å²) in [5.41, 5.74) is 1.35. The molecule has 0 aliphatic carbocycles. The molecule has 1 aliphatic rings. The first-order valence-electron chi connectivity index (χ1n) is 7.86. The molecule has 2 unspecified atom stereocenters. The van der Waals surface area contributed by atoms with Crippen molar-refractivity contribution in [3.63, 3.8) is 0 Å². The summed E-state index contributed by atoms with van der Waals surface area (Å²) in [7, 11) is 0. The third-order valence-corrected chi connectivity index (χ3v) is 4.98. The molecule has 3 rings (SSSR count). The van der Waals surface area contributed by atoms with Crippen molar-refractivity contribution in [1.29, 1.82) is 0 Å². The highest BCUT2D eigenvalue weighted by Crippen LogP contribution is 2.29. The molecule has 3 heteroatoms. The molecule has 0 bridgehead atoms. The van der Waals surface area contributed by atoms with Crippen LogP contribution in [-0.4, -0.2) is 25.2 Å². The number of anilines is 1. The van der Waals surface area contributed by atoms with E-state index >= 15 is 0 Å². The topological polar surface area (TPSA) is 15.3 Å². The molecule has 0 aromatic heterocycles. The van der Waals surface area contributed by atoms with Crippen LogP contribution >= 0.6 is 15.9 Å². The minimum Gasteiger partial charge on any atom is -0.369 e. The quantitative estimate of drug-likeness (QED) is 0.875. The Morgan fingerprint density at radius 2 is 1.95 bits per heavy atom. The zero-order valence-corrected chi connectivity index (χ0v) is 14.4. The van der Waals surface area contributed by atoms with E-state index in [1.54, 1.807) is 0 Å². The smallest absolute Gasteiger partial charge is 0.0375 e. The van der Waals surface area contributed by atoms with E-state index in [1.165, 1.54) is 29.3 Å². The number of nitrogens with zero attached hydrogens (tertiary/aromatic N) is 1. The maximum atomic E-state index is 3.59. The second-order valence-corrected chi connectivity index (χ2v) is 6.91. The second-order valence-electron chi connectivity index (χ2n) is 6.00. The molecule has 2 atom stereocenters. The molecule has 1 N–H and O–H groups in total. The second kappa shape index (κ2) is 6.37. The van der Waals surface area contributed by atoms with Crippen molar-refractivity contribution in [1.82, 2.24) is 5.32 Å². The Balaban J connectivity index is 1.82. The van der Waals surface area contributed by atoms with E-state index in [4.69, 9.17) is 0 Å². The molecule has 1 aliphatic heterocycles. The summed E-state index contributed by atoms with van der Waals surface area (Å²) >= 11 is 3.54. The molecule has 1 fully saturated rings. The van der Waals surface area contributed by atoms with E-state index in [-0.39, 0.29) is 0 Å². The fourth-order valence-electron chi connectivity index (χ4n) is 3.41. The van der Waals surface area contributed by atoms with Crippen LogP contribution in [0.15, 0.2) is 40.9 Å². The number of hydrogen-bond donors (Lipinski definition) is 1. The van der Waals surface area contributed by atoms with Gasteiger partial charge >= 0.3 is 0 Å². The molecule has 2 aromatic carbocycles. The SMILES string of the molecule is CCNC1CCN(c2ccc3cc(Br)ccc3c2)C(C)C1. The number of nitrogens with one attached hydrogen (secondary N) is 1. The molecular formula is C18H23BrN2. The summed E-state index contributed by atoms with van der Waals surface area (Å²) in [5, 5.41) is 6.20. The van der Waals surface area contributed by atoms with Gasteiger partial charge in [0.05, 0.1) is 0 Å². The van der Waals surface area contributed by atoms with E-state index in [0.29, 0.717) is 12.1 Å². The van der Waals surface area contributed by atoms with Crippen molar-refractivity contribution < 1.29 is 0 Å². The van der Waals surface area contributed by atoms with Crippen LogP contribution in [-0.2, 0) is 0 Å². The molecular weight excluding hydrogens is 324 g/mol. The maximum absolute atomic E-state index is 3.59. The lowest BCUT2D eigenvalue weighted by molar-refractivity contribution is 0.374. The summed E-state index contributed by atoms with van der Waals surface area (Å²) in [4.78, 5) is 2.55. The minimum absolute atomic E-state index is 0.593. The van der Waals surface area contributed by atoms with Gasteiger partial charge in [-0.05, 0) is 61.3 Å². The lowest BCUT2D eigenvalue weighted by Gasteiger charge is -2.39. The van der Waals surface area contributed by atoms with Crippen LogP contribution < -0.4 is 10.2 Å². The van der Waals surface area contributed by atoms with Gasteiger partial charge in [-0.25, -0.2) is 0 Å². The van der Waals surface area contributed by atoms with Gasteiger partial charge < -0.3 is 10.2 Å². The summed E-state index contributed by atoms with van der Waals surface area (Å²) < 4.78 is 1.14. The van der Waals surface area contributed by atoms with Crippen LogP contribution in [0.3, 0.4) is 0 Å². The molecule has 0 amide bonds. The summed E-state index contributed by atoms with van der Waals surface area (Å²) in [6.45, 7) is 6.75. The standard InChI is InChI=1S/C18H23BrN2/c1-3-20-17-8-9-21(13(2)10-17)18-7-5-14-11-16(19)6-4-15(14)12-18/h4-7,11-13,17,20H,3,8-10H2,1-2H3. The van der Waals surface area contributed by atoms with E-state index < -0.39 is 0 Å². The van der Waals surface area contributed by atoms with E-state index in [1.807, 2.05) is 0 Å². The number of hydrogen-bond acceptors (Lipinski definition) is 2. The zero-order chi connectivity index (χ0) is 14.8. The Bertz CT molecular complexity index is 626. The highest BCUT2D eigenvalue weighted by Gasteiger charge is 2.24. The Morgan fingerprint density at radius 1 is 1.19 bits per heavy atom. The van der Waals surface area contributed by atoms with Gasteiger partial charge in [-0.2, -0.15) is 0 Å². The molecule has 2 nitrogen and oxygen atoms in total. The number of piperidine rings is 1. The van der Waals surface area contributed by atoms with E-state index in [9.17, 15) is 0 Å². The largest absolute Gasteiger partial charge is 0.369 e. The molecule has 0 saturated carbocycles. The van der Waals surface area contributed by atoms with Crippen LogP contribution in [0.25, 0.3) is 10.8 Å². The third kappa shape index (κ3) is 3.24. The molecule has 0 spiro atoms. The van der Waals surface area contributed by atoms with Crippen LogP contribution in [0.2, 0.25) is 0 Å². The van der Waals surface area contributed by atoms with E-state index in [2.05, 4.69) is 76.4 Å². The average molecular weight is 347 g/mol. The van der Waals surface area contributed by atoms with Gasteiger partial charge in [-0.15, -0.1) is 0 Å². The van der Waals surface area contributed by atoms with Crippen LogP contribution in [0, 0.1) is 0 Å². The lowest BCUT2D eigenvalue weighted by atomic mass is 9.97. The Morgan fingerprint density at radius 3 is 2.71 bits per heavy atom. The van der Waals surface area contributed by atoms with Crippen molar-refractivity contribution in [2.45, 2.75) is 38.8 Å². The number of benzene rings is 2. The third-order valence-electron chi connectivity index (χ3n) is 4.49. The Labute approximate surface area is 135 Å². The summed E-state index contributed by atoms with van der Waals surface area (Å²) in [6, 6.07) is 14.6. The zero-order valence-electron chi connectivity index (χ0n) is 12.8. The number of fused-ring (bicyclic) bond motifs is 1. The number of rotatable bonds is 3. The van der Waals surface area contributed by atoms with Gasteiger partial charge in [0.1, 0.15) is 0 Å². The summed E-state index contributed by atoms with van der Waals surface area (Å²) in [5.74, 6) is 0. The molecule has 1 saturated heterocycles. The molecule has 1 heterocycles. The van der Waals surface area contributed by atoms with Crippen molar-refractivity contribution in [2.24, 2.45) is 0 Å². The van der Waals surface area contributed by atoms with Crippen LogP contribution in [0.4, 0.5) is 5.69 Å². The first-order chi connectivity index (χ1) is 10.2. The fourth-order valence-corrected chi connectivity index (χ4v) is 3.79. The van der Waals surface area contributed by atoms with Gasteiger partial charge in [0.15, 0.2) is 0 Å². The lowest BCUT2D eigenvalue weighted by Crippen LogP contribution is -2.47. The summed E-state index contributed by atoms with van der Waals surface area (Å²) in [6.07, 6.45) is 2.46. The highest BCUT2D eigenvalue weighted by atomic mass is 79.9. The first-order valence-corrected chi connectivity index (χ1v) is 8.66. The molecule has 21 heavy (non-hydrogen) atoms. The van der Waals surface area contributed by atoms with Gasteiger partial charge in [0.2, 0.25) is 0 Å². The average Bonchev–Trinajstić information content (AvgIpc) is 2.47.